The molecule has 0 saturated heterocycles. The van der Waals surface area contributed by atoms with Gasteiger partial charge in [0.15, 0.2) is 0 Å². The number of likely N-dealkylation sites (N-methyl/N-ethyl adjacent to an activating group) is 1. The van der Waals surface area contributed by atoms with Gasteiger partial charge in [-0.15, -0.1) is 0 Å². The van der Waals surface area contributed by atoms with Gasteiger partial charge < -0.3 is 14.5 Å². The van der Waals surface area contributed by atoms with E-state index in [1.165, 1.54) is 167 Å². The van der Waals surface area contributed by atoms with E-state index in [-0.39, 0.29) is 22.9 Å². The van der Waals surface area contributed by atoms with Crippen molar-refractivity contribution in [3.05, 3.63) is 0 Å². The summed E-state index contributed by atoms with van der Waals surface area (Å²) in [4.78, 5) is 47.5. The molecule has 2 amide bonds. The van der Waals surface area contributed by atoms with Gasteiger partial charge in [-0.25, -0.2) is 0 Å². The summed E-state index contributed by atoms with van der Waals surface area (Å²) >= 11 is 0. The molecule has 7 nitrogen and oxygen atoms in total. The topological polar surface area (TPSA) is 70.2 Å². The number of amides is 2. The van der Waals surface area contributed by atoms with E-state index in [9.17, 15) is 14.4 Å². The summed E-state index contributed by atoms with van der Waals surface area (Å²) in [5.74, 6) is 0.542. The highest BCUT2D eigenvalue weighted by Gasteiger charge is 2.32. The Bertz CT molecular complexity index is 1080. The summed E-state index contributed by atoms with van der Waals surface area (Å²) < 4.78 is 6.10. The number of esters is 1. The van der Waals surface area contributed by atoms with Crippen LogP contribution in [-0.4, -0.2) is 85.4 Å². The van der Waals surface area contributed by atoms with E-state index in [0.717, 1.165) is 116 Å². The predicted molar refractivity (Wildman–Crippen MR) is 297 cm³/mol. The normalized spacial score (nSPS) is 12.1. The highest BCUT2D eigenvalue weighted by Crippen LogP contribution is 2.30. The molecule has 68 heavy (non-hydrogen) atoms. The van der Waals surface area contributed by atoms with Gasteiger partial charge in [0.05, 0.1) is 6.54 Å². The first kappa shape index (κ1) is 66.4. The molecule has 0 N–H and O–H groups in total. The third-order valence-corrected chi connectivity index (χ3v) is 14.8. The largest absolute Gasteiger partial charge is 0.461 e. The molecule has 0 aromatic rings. The van der Waals surface area contributed by atoms with Crippen molar-refractivity contribution in [1.29, 1.82) is 0 Å². The van der Waals surface area contributed by atoms with E-state index in [1.54, 1.807) is 0 Å². The van der Waals surface area contributed by atoms with Crippen molar-refractivity contribution in [2.75, 3.05) is 46.8 Å². The molecule has 404 valence electrons. The van der Waals surface area contributed by atoms with Crippen molar-refractivity contribution < 1.29 is 19.1 Å². The van der Waals surface area contributed by atoms with Crippen molar-refractivity contribution in [3.8, 4) is 0 Å². The number of unbranched alkanes of at least 4 members (excludes halogenated alkanes) is 30. The second kappa shape index (κ2) is 45.2. The molecular formula is C61H121N3O4. The van der Waals surface area contributed by atoms with Gasteiger partial charge in [0, 0.05) is 37.0 Å². The second-order valence-corrected chi connectivity index (χ2v) is 23.1. The van der Waals surface area contributed by atoms with Gasteiger partial charge in [0.1, 0.15) is 6.10 Å². The zero-order chi connectivity index (χ0) is 50.6. The number of nitrogens with zero attached hydrogens (tertiary/aromatic N) is 3. The summed E-state index contributed by atoms with van der Waals surface area (Å²) in [5.41, 5.74) is -0.737. The van der Waals surface area contributed by atoms with Crippen LogP contribution in [0, 0.1) is 10.8 Å². The highest BCUT2D eigenvalue weighted by atomic mass is 16.5. The molecule has 0 aliphatic carbocycles. The van der Waals surface area contributed by atoms with E-state index in [0.29, 0.717) is 18.4 Å². The standard InChI is InChI=1S/C61H121N3O4/c1-11-15-19-23-27-31-35-45-53-63(51-43-33-29-25-21-17-13-3)58(66)60(5,6)49-41-37-39-47-56(68-57(65)55-62(9)10)48-40-38-42-50-61(7,8)59(67)64(52-44-34-30-26-22-18-14-4)54-46-36-32-28-24-20-16-12-2/h56H,11-55H2,1-10H3. The van der Waals surface area contributed by atoms with Crippen LogP contribution >= 0.6 is 0 Å². The van der Waals surface area contributed by atoms with Crippen molar-refractivity contribution in [2.24, 2.45) is 10.8 Å². The number of carbonyl (C=O) groups is 3. The molecule has 0 unspecified atom stereocenters. The van der Waals surface area contributed by atoms with E-state index < -0.39 is 0 Å². The molecule has 0 bridgehead atoms. The Morgan fingerprint density at radius 3 is 0.882 bits per heavy atom. The lowest BCUT2D eigenvalue weighted by atomic mass is 9.84. The molecule has 0 heterocycles. The molecule has 0 aliphatic heterocycles. The minimum atomic E-state index is -0.369. The number of carbonyl (C=O) groups excluding carboxylic acids is 3. The Kier molecular flexibility index (Phi) is 44.2. The van der Waals surface area contributed by atoms with Gasteiger partial charge in [0.2, 0.25) is 11.8 Å². The number of hydrogen-bond acceptors (Lipinski definition) is 5. The molecule has 0 atom stereocenters. The number of hydrogen-bond donors (Lipinski definition) is 0. The van der Waals surface area contributed by atoms with Crippen molar-refractivity contribution in [3.63, 3.8) is 0 Å². The minimum Gasteiger partial charge on any atom is -0.461 e. The maximum Gasteiger partial charge on any atom is 0.320 e. The van der Waals surface area contributed by atoms with Crippen molar-refractivity contribution in [2.45, 2.75) is 318 Å². The Morgan fingerprint density at radius 2 is 0.618 bits per heavy atom. The smallest absolute Gasteiger partial charge is 0.320 e. The molecule has 0 spiro atoms. The maximum atomic E-state index is 14.1. The van der Waals surface area contributed by atoms with Crippen LogP contribution in [0.5, 0.6) is 0 Å². The SMILES string of the molecule is CCCCCCCCCCN(CCCCCCCCC)C(=O)C(C)(C)CCCCCC(CCCCCC(C)(C)C(=O)N(CCCCCCCCC)CCCCCCCCCC)OC(=O)CN(C)C. The van der Waals surface area contributed by atoms with Gasteiger partial charge in [-0.1, -0.05) is 248 Å². The fraction of sp³-hybridized carbons (Fsp3) is 0.951. The number of rotatable bonds is 51. The lowest BCUT2D eigenvalue weighted by Crippen LogP contribution is -2.42. The van der Waals surface area contributed by atoms with Gasteiger partial charge >= 0.3 is 5.97 Å². The van der Waals surface area contributed by atoms with Crippen molar-refractivity contribution in [1.82, 2.24) is 14.7 Å². The second-order valence-electron chi connectivity index (χ2n) is 23.1. The van der Waals surface area contributed by atoms with E-state index in [1.807, 2.05) is 19.0 Å². The van der Waals surface area contributed by atoms with Gasteiger partial charge in [-0.3, -0.25) is 19.3 Å². The summed E-state index contributed by atoms with van der Waals surface area (Å²) in [6.07, 6.45) is 47.9. The van der Waals surface area contributed by atoms with Crippen LogP contribution in [0.15, 0.2) is 0 Å². The zero-order valence-electron chi connectivity index (χ0n) is 47.9. The molecule has 0 rings (SSSR count). The van der Waals surface area contributed by atoms with Crippen LogP contribution in [0.3, 0.4) is 0 Å². The minimum absolute atomic E-state index is 0.0834. The van der Waals surface area contributed by atoms with Crippen LogP contribution in [0.1, 0.15) is 312 Å². The highest BCUT2D eigenvalue weighted by molar-refractivity contribution is 5.82. The van der Waals surface area contributed by atoms with Crippen LogP contribution in [0.25, 0.3) is 0 Å². The van der Waals surface area contributed by atoms with Crippen LogP contribution in [-0.2, 0) is 19.1 Å². The third-order valence-electron chi connectivity index (χ3n) is 14.8. The first-order chi connectivity index (χ1) is 32.7. The lowest BCUT2D eigenvalue weighted by molar-refractivity contribution is -0.150. The monoisotopic (exact) mass is 960 g/mol. The van der Waals surface area contributed by atoms with E-state index in [2.05, 4.69) is 65.2 Å². The quantitative estimate of drug-likeness (QED) is 0.0449. The molecule has 0 saturated carbocycles. The Morgan fingerprint density at radius 1 is 0.368 bits per heavy atom. The molecule has 0 fully saturated rings. The van der Waals surface area contributed by atoms with Crippen LogP contribution in [0.2, 0.25) is 0 Å². The summed E-state index contributed by atoms with van der Waals surface area (Å²) in [6, 6.07) is 0. The maximum absolute atomic E-state index is 14.1. The summed E-state index contributed by atoms with van der Waals surface area (Å²) in [7, 11) is 3.83. The first-order valence-corrected chi connectivity index (χ1v) is 30.2. The molecular weight excluding hydrogens is 839 g/mol. The molecule has 0 aromatic carbocycles. The Balaban J connectivity index is 5.21. The van der Waals surface area contributed by atoms with Crippen molar-refractivity contribution >= 4 is 17.8 Å². The van der Waals surface area contributed by atoms with Crippen LogP contribution < -0.4 is 0 Å². The van der Waals surface area contributed by atoms with Crippen LogP contribution in [0.4, 0.5) is 0 Å². The van der Waals surface area contributed by atoms with E-state index >= 15 is 0 Å². The predicted octanol–water partition coefficient (Wildman–Crippen LogP) is 17.9. The molecule has 0 radical (unpaired) electrons. The third kappa shape index (κ3) is 38.1. The van der Waals surface area contributed by atoms with E-state index in [4.69, 9.17) is 4.74 Å². The van der Waals surface area contributed by atoms with Gasteiger partial charge in [-0.05, 0) is 78.3 Å². The number of ether oxygens (including phenoxy) is 1. The average molecular weight is 961 g/mol. The molecule has 0 aromatic heterocycles. The first-order valence-electron chi connectivity index (χ1n) is 30.2. The van der Waals surface area contributed by atoms with Gasteiger partial charge in [-0.2, -0.15) is 0 Å². The zero-order valence-corrected chi connectivity index (χ0v) is 47.9. The Labute approximate surface area is 426 Å². The Hall–Kier alpha value is -1.63. The summed E-state index contributed by atoms with van der Waals surface area (Å²) in [5, 5.41) is 0. The summed E-state index contributed by atoms with van der Waals surface area (Å²) in [6.45, 7) is 21.7. The molecule has 0 aliphatic rings. The van der Waals surface area contributed by atoms with Gasteiger partial charge in [0.25, 0.3) is 0 Å². The fourth-order valence-corrected chi connectivity index (χ4v) is 10.1. The fourth-order valence-electron chi connectivity index (χ4n) is 10.1. The average Bonchev–Trinajstić information content (AvgIpc) is 3.30. The molecule has 7 heteroatoms. The lowest BCUT2D eigenvalue weighted by Gasteiger charge is -2.32.